The van der Waals surface area contributed by atoms with Crippen molar-refractivity contribution < 1.29 is 14.3 Å². The van der Waals surface area contributed by atoms with Crippen LogP contribution in [0.4, 0.5) is 0 Å². The monoisotopic (exact) mass is 213 g/mol. The molecule has 0 N–H and O–H groups in total. The standard InChI is InChI=1S/C11H19NO3/c1-4-15-11(14)8(2)10-5-6-12(7-10)9(3)13/h8,10H,4-7H2,1-3H3. The summed E-state index contributed by atoms with van der Waals surface area (Å²) >= 11 is 0. The van der Waals surface area contributed by atoms with Crippen molar-refractivity contribution in [2.75, 3.05) is 19.7 Å². The van der Waals surface area contributed by atoms with E-state index in [2.05, 4.69) is 0 Å². The van der Waals surface area contributed by atoms with Crippen molar-refractivity contribution in [3.63, 3.8) is 0 Å². The molecule has 0 saturated carbocycles. The lowest BCUT2D eigenvalue weighted by molar-refractivity contribution is -0.149. The van der Waals surface area contributed by atoms with Gasteiger partial charge in [0.05, 0.1) is 12.5 Å². The number of hydrogen-bond acceptors (Lipinski definition) is 3. The van der Waals surface area contributed by atoms with E-state index in [4.69, 9.17) is 4.74 Å². The molecule has 0 aromatic rings. The van der Waals surface area contributed by atoms with Gasteiger partial charge in [0.1, 0.15) is 0 Å². The van der Waals surface area contributed by atoms with Crippen molar-refractivity contribution in [1.82, 2.24) is 4.90 Å². The topological polar surface area (TPSA) is 46.6 Å². The van der Waals surface area contributed by atoms with Crippen LogP contribution in [0.3, 0.4) is 0 Å². The molecule has 0 spiro atoms. The number of rotatable bonds is 3. The summed E-state index contributed by atoms with van der Waals surface area (Å²) in [4.78, 5) is 24.4. The third-order valence-corrected chi connectivity index (χ3v) is 3.04. The van der Waals surface area contributed by atoms with E-state index in [9.17, 15) is 9.59 Å². The highest BCUT2D eigenvalue weighted by molar-refractivity contribution is 5.75. The second-order valence-electron chi connectivity index (χ2n) is 4.05. The third-order valence-electron chi connectivity index (χ3n) is 3.04. The summed E-state index contributed by atoms with van der Waals surface area (Å²) in [6.45, 7) is 7.14. The average Bonchev–Trinajstić information content (AvgIpc) is 2.65. The molecule has 4 heteroatoms. The van der Waals surface area contributed by atoms with Gasteiger partial charge in [0.15, 0.2) is 0 Å². The van der Waals surface area contributed by atoms with Gasteiger partial charge in [-0.05, 0) is 19.3 Å². The molecule has 0 radical (unpaired) electrons. The summed E-state index contributed by atoms with van der Waals surface area (Å²) < 4.78 is 4.97. The minimum Gasteiger partial charge on any atom is -0.466 e. The van der Waals surface area contributed by atoms with Crippen molar-refractivity contribution in [1.29, 1.82) is 0 Å². The van der Waals surface area contributed by atoms with Crippen molar-refractivity contribution in [3.8, 4) is 0 Å². The first-order valence-electron chi connectivity index (χ1n) is 5.48. The molecule has 1 aliphatic heterocycles. The van der Waals surface area contributed by atoms with E-state index < -0.39 is 0 Å². The van der Waals surface area contributed by atoms with E-state index >= 15 is 0 Å². The molecular formula is C11H19NO3. The van der Waals surface area contributed by atoms with Crippen LogP contribution in [0, 0.1) is 11.8 Å². The Bertz CT molecular complexity index is 252. The number of likely N-dealkylation sites (tertiary alicyclic amines) is 1. The maximum absolute atomic E-state index is 11.5. The molecule has 2 atom stereocenters. The van der Waals surface area contributed by atoms with E-state index in [1.54, 1.807) is 18.7 Å². The molecule has 0 aliphatic carbocycles. The zero-order valence-corrected chi connectivity index (χ0v) is 9.66. The number of nitrogens with zero attached hydrogens (tertiary/aromatic N) is 1. The summed E-state index contributed by atoms with van der Waals surface area (Å²) in [5, 5.41) is 0. The van der Waals surface area contributed by atoms with Crippen LogP contribution in [0.5, 0.6) is 0 Å². The van der Waals surface area contributed by atoms with Crippen molar-refractivity contribution in [2.24, 2.45) is 11.8 Å². The molecule has 4 nitrogen and oxygen atoms in total. The number of amides is 1. The van der Waals surface area contributed by atoms with Gasteiger partial charge in [-0.1, -0.05) is 6.92 Å². The Morgan fingerprint density at radius 2 is 2.20 bits per heavy atom. The zero-order chi connectivity index (χ0) is 11.4. The van der Waals surface area contributed by atoms with Gasteiger partial charge < -0.3 is 9.64 Å². The molecule has 86 valence electrons. The number of carbonyl (C=O) groups is 2. The van der Waals surface area contributed by atoms with E-state index in [-0.39, 0.29) is 23.7 Å². The molecule has 1 aliphatic rings. The molecule has 2 unspecified atom stereocenters. The van der Waals surface area contributed by atoms with E-state index in [0.29, 0.717) is 13.2 Å². The Morgan fingerprint density at radius 3 is 2.67 bits per heavy atom. The predicted octanol–water partition coefficient (Wildman–Crippen LogP) is 1.05. The van der Waals surface area contributed by atoms with Crippen molar-refractivity contribution in [2.45, 2.75) is 27.2 Å². The Kier molecular flexibility index (Phi) is 4.12. The second kappa shape index (κ2) is 5.14. The Morgan fingerprint density at radius 1 is 1.53 bits per heavy atom. The molecule has 1 saturated heterocycles. The first-order chi connectivity index (χ1) is 7.06. The lowest BCUT2D eigenvalue weighted by atomic mass is 9.93. The summed E-state index contributed by atoms with van der Waals surface area (Å²) in [7, 11) is 0. The molecule has 0 aromatic heterocycles. The number of esters is 1. The van der Waals surface area contributed by atoms with Crippen LogP contribution in [0.15, 0.2) is 0 Å². The quantitative estimate of drug-likeness (QED) is 0.658. The van der Waals surface area contributed by atoms with Crippen LogP contribution in [-0.2, 0) is 14.3 Å². The normalized spacial score (nSPS) is 22.6. The van der Waals surface area contributed by atoms with Gasteiger partial charge in [0, 0.05) is 20.0 Å². The number of ether oxygens (including phenoxy) is 1. The molecule has 15 heavy (non-hydrogen) atoms. The number of carbonyl (C=O) groups excluding carboxylic acids is 2. The highest BCUT2D eigenvalue weighted by atomic mass is 16.5. The fourth-order valence-corrected chi connectivity index (χ4v) is 1.95. The Balaban J connectivity index is 2.46. The van der Waals surface area contributed by atoms with Crippen LogP contribution >= 0.6 is 0 Å². The molecule has 0 aromatic carbocycles. The lowest BCUT2D eigenvalue weighted by Gasteiger charge is -2.18. The Labute approximate surface area is 90.6 Å². The minimum absolute atomic E-state index is 0.0913. The Hall–Kier alpha value is -1.06. The molecule has 1 fully saturated rings. The highest BCUT2D eigenvalue weighted by Gasteiger charge is 2.32. The highest BCUT2D eigenvalue weighted by Crippen LogP contribution is 2.24. The number of hydrogen-bond donors (Lipinski definition) is 0. The average molecular weight is 213 g/mol. The first kappa shape index (κ1) is 12.0. The van der Waals surface area contributed by atoms with Crippen molar-refractivity contribution in [3.05, 3.63) is 0 Å². The van der Waals surface area contributed by atoms with Crippen molar-refractivity contribution >= 4 is 11.9 Å². The van der Waals surface area contributed by atoms with E-state index in [1.165, 1.54) is 0 Å². The fraction of sp³-hybridized carbons (Fsp3) is 0.818. The first-order valence-corrected chi connectivity index (χ1v) is 5.48. The van der Waals surface area contributed by atoms with Gasteiger partial charge in [-0.15, -0.1) is 0 Å². The summed E-state index contributed by atoms with van der Waals surface area (Å²) in [6.07, 6.45) is 0.902. The lowest BCUT2D eigenvalue weighted by Crippen LogP contribution is -2.29. The van der Waals surface area contributed by atoms with Crippen LogP contribution in [0.25, 0.3) is 0 Å². The fourth-order valence-electron chi connectivity index (χ4n) is 1.95. The summed E-state index contributed by atoms with van der Waals surface area (Å²) in [5.41, 5.74) is 0. The second-order valence-corrected chi connectivity index (χ2v) is 4.05. The predicted molar refractivity (Wildman–Crippen MR) is 56.2 cm³/mol. The van der Waals surface area contributed by atoms with Crippen LogP contribution < -0.4 is 0 Å². The van der Waals surface area contributed by atoms with Crippen LogP contribution in [-0.4, -0.2) is 36.5 Å². The van der Waals surface area contributed by atoms with Gasteiger partial charge in [-0.3, -0.25) is 9.59 Å². The van der Waals surface area contributed by atoms with Gasteiger partial charge in [0.25, 0.3) is 0 Å². The molecular weight excluding hydrogens is 194 g/mol. The van der Waals surface area contributed by atoms with Crippen LogP contribution in [0.1, 0.15) is 27.2 Å². The SMILES string of the molecule is CCOC(=O)C(C)C1CCN(C(C)=O)C1. The van der Waals surface area contributed by atoms with E-state index in [1.807, 2.05) is 6.92 Å². The molecule has 1 amide bonds. The van der Waals surface area contributed by atoms with E-state index in [0.717, 1.165) is 13.0 Å². The zero-order valence-electron chi connectivity index (χ0n) is 9.66. The molecule has 1 heterocycles. The van der Waals surface area contributed by atoms with Gasteiger partial charge in [0.2, 0.25) is 5.91 Å². The van der Waals surface area contributed by atoms with Gasteiger partial charge >= 0.3 is 5.97 Å². The molecule has 0 bridgehead atoms. The molecule has 1 rings (SSSR count). The van der Waals surface area contributed by atoms with Gasteiger partial charge in [-0.2, -0.15) is 0 Å². The maximum Gasteiger partial charge on any atom is 0.308 e. The summed E-state index contributed by atoms with van der Waals surface area (Å²) in [5.74, 6) is 0.101. The largest absolute Gasteiger partial charge is 0.466 e. The third kappa shape index (κ3) is 2.94. The van der Waals surface area contributed by atoms with Crippen LogP contribution in [0.2, 0.25) is 0 Å². The minimum atomic E-state index is -0.145. The van der Waals surface area contributed by atoms with Gasteiger partial charge in [-0.25, -0.2) is 0 Å². The summed E-state index contributed by atoms with van der Waals surface area (Å²) in [6, 6.07) is 0. The maximum atomic E-state index is 11.5. The smallest absolute Gasteiger partial charge is 0.308 e.